The number of pyridine rings is 1. The first-order chi connectivity index (χ1) is 12.7. The van der Waals surface area contributed by atoms with Crippen LogP contribution in [-0.4, -0.2) is 26.3 Å². The zero-order valence-electron chi connectivity index (χ0n) is 14.4. The Labute approximate surface area is 150 Å². The van der Waals surface area contributed by atoms with Crippen molar-refractivity contribution in [2.24, 2.45) is 5.92 Å². The van der Waals surface area contributed by atoms with E-state index in [4.69, 9.17) is 0 Å². The molecule has 0 radical (unpaired) electrons. The number of aryl methyl sites for hydroxylation is 1. The van der Waals surface area contributed by atoms with Gasteiger partial charge in [0.05, 0.1) is 11.0 Å². The Balaban J connectivity index is 1.55. The summed E-state index contributed by atoms with van der Waals surface area (Å²) in [6.45, 7) is 2.69. The molecule has 0 spiro atoms. The van der Waals surface area contributed by atoms with Crippen molar-refractivity contribution in [2.45, 2.75) is 26.3 Å². The standard InChI is InChI=1S/C19H19N5O2/c1-2-24-15-6-4-3-5-14(15)21-19(24)23-18(26)13-9-10-20-16(11-13)22-17(25)12-7-8-12/h3-6,9-12H,2,7-8H2,1H3,(H,20,22,25)(H,21,23,26). The van der Waals surface area contributed by atoms with Crippen molar-refractivity contribution in [1.29, 1.82) is 0 Å². The zero-order valence-corrected chi connectivity index (χ0v) is 14.4. The summed E-state index contributed by atoms with van der Waals surface area (Å²) in [6.07, 6.45) is 3.35. The molecule has 2 heterocycles. The van der Waals surface area contributed by atoms with Crippen molar-refractivity contribution in [3.05, 3.63) is 48.2 Å². The smallest absolute Gasteiger partial charge is 0.258 e. The molecule has 4 rings (SSSR count). The van der Waals surface area contributed by atoms with Gasteiger partial charge in [-0.05, 0) is 44.0 Å². The molecule has 0 atom stereocenters. The van der Waals surface area contributed by atoms with Crippen LogP contribution in [0.3, 0.4) is 0 Å². The molecule has 26 heavy (non-hydrogen) atoms. The van der Waals surface area contributed by atoms with Crippen LogP contribution in [0.5, 0.6) is 0 Å². The van der Waals surface area contributed by atoms with E-state index in [1.54, 1.807) is 12.1 Å². The highest BCUT2D eigenvalue weighted by Gasteiger charge is 2.29. The zero-order chi connectivity index (χ0) is 18.1. The van der Waals surface area contributed by atoms with Gasteiger partial charge in [-0.25, -0.2) is 9.97 Å². The second kappa shape index (κ2) is 6.59. The number of aromatic nitrogens is 3. The van der Waals surface area contributed by atoms with Gasteiger partial charge in [0, 0.05) is 24.2 Å². The lowest BCUT2D eigenvalue weighted by atomic mass is 10.2. The average molecular weight is 349 g/mol. The molecule has 2 N–H and O–H groups in total. The number of hydrogen-bond acceptors (Lipinski definition) is 4. The van der Waals surface area contributed by atoms with Crippen LogP contribution < -0.4 is 10.6 Å². The van der Waals surface area contributed by atoms with E-state index in [1.165, 1.54) is 6.20 Å². The first kappa shape index (κ1) is 16.3. The minimum atomic E-state index is -0.292. The molecule has 1 fully saturated rings. The van der Waals surface area contributed by atoms with Crippen molar-refractivity contribution in [2.75, 3.05) is 10.6 Å². The third kappa shape index (κ3) is 3.15. The van der Waals surface area contributed by atoms with Gasteiger partial charge in [-0.15, -0.1) is 0 Å². The molecule has 0 saturated heterocycles. The number of carbonyl (C=O) groups excluding carboxylic acids is 2. The monoisotopic (exact) mass is 349 g/mol. The summed E-state index contributed by atoms with van der Waals surface area (Å²) < 4.78 is 1.95. The number of carbonyl (C=O) groups is 2. The number of para-hydroxylation sites is 2. The number of amides is 2. The van der Waals surface area contributed by atoms with Gasteiger partial charge in [0.25, 0.3) is 5.91 Å². The minimum Gasteiger partial charge on any atom is -0.310 e. The molecular formula is C19H19N5O2. The second-order valence-corrected chi connectivity index (χ2v) is 6.32. The summed E-state index contributed by atoms with van der Waals surface area (Å²) in [6, 6.07) is 10.9. The van der Waals surface area contributed by atoms with Gasteiger partial charge >= 0.3 is 0 Å². The maximum absolute atomic E-state index is 12.6. The Morgan fingerprint density at radius 3 is 2.77 bits per heavy atom. The summed E-state index contributed by atoms with van der Waals surface area (Å²) in [4.78, 5) is 33.1. The van der Waals surface area contributed by atoms with Crippen molar-refractivity contribution < 1.29 is 9.59 Å². The van der Waals surface area contributed by atoms with E-state index >= 15 is 0 Å². The lowest BCUT2D eigenvalue weighted by molar-refractivity contribution is -0.117. The lowest BCUT2D eigenvalue weighted by Crippen LogP contribution is -2.18. The Kier molecular flexibility index (Phi) is 4.12. The van der Waals surface area contributed by atoms with Crippen LogP contribution in [0, 0.1) is 5.92 Å². The quantitative estimate of drug-likeness (QED) is 0.741. The molecule has 132 valence electrons. The van der Waals surface area contributed by atoms with E-state index in [1.807, 2.05) is 35.8 Å². The number of nitrogens with one attached hydrogen (secondary N) is 2. The van der Waals surface area contributed by atoms with Crippen LogP contribution in [0.2, 0.25) is 0 Å². The van der Waals surface area contributed by atoms with E-state index in [-0.39, 0.29) is 17.7 Å². The molecule has 1 saturated carbocycles. The third-order valence-electron chi connectivity index (χ3n) is 4.42. The first-order valence-electron chi connectivity index (χ1n) is 8.69. The van der Waals surface area contributed by atoms with Crippen LogP contribution in [0.25, 0.3) is 11.0 Å². The molecule has 0 bridgehead atoms. The second-order valence-electron chi connectivity index (χ2n) is 6.32. The maximum atomic E-state index is 12.6. The number of hydrogen-bond donors (Lipinski definition) is 2. The summed E-state index contributed by atoms with van der Waals surface area (Å²) in [7, 11) is 0. The van der Waals surface area contributed by atoms with E-state index in [0.29, 0.717) is 23.9 Å². The van der Waals surface area contributed by atoms with E-state index in [0.717, 1.165) is 23.9 Å². The first-order valence-corrected chi connectivity index (χ1v) is 8.69. The van der Waals surface area contributed by atoms with Crippen LogP contribution in [-0.2, 0) is 11.3 Å². The fourth-order valence-corrected chi connectivity index (χ4v) is 2.88. The molecule has 2 aromatic heterocycles. The molecule has 0 unspecified atom stereocenters. The van der Waals surface area contributed by atoms with Crippen molar-refractivity contribution in [3.63, 3.8) is 0 Å². The van der Waals surface area contributed by atoms with Crippen molar-refractivity contribution in [1.82, 2.24) is 14.5 Å². The van der Waals surface area contributed by atoms with Crippen LogP contribution in [0.15, 0.2) is 42.6 Å². The Bertz CT molecular complexity index is 991. The van der Waals surface area contributed by atoms with Gasteiger partial charge in [-0.3, -0.25) is 14.9 Å². The maximum Gasteiger partial charge on any atom is 0.258 e. The summed E-state index contributed by atoms with van der Waals surface area (Å²) >= 11 is 0. The topological polar surface area (TPSA) is 88.9 Å². The molecule has 0 aliphatic heterocycles. The lowest BCUT2D eigenvalue weighted by Gasteiger charge is -2.09. The van der Waals surface area contributed by atoms with Crippen LogP contribution in [0.4, 0.5) is 11.8 Å². The van der Waals surface area contributed by atoms with Gasteiger partial charge in [-0.1, -0.05) is 12.1 Å². The van der Waals surface area contributed by atoms with Gasteiger partial charge < -0.3 is 9.88 Å². The van der Waals surface area contributed by atoms with E-state index in [9.17, 15) is 9.59 Å². The number of nitrogens with zero attached hydrogens (tertiary/aromatic N) is 3. The highest BCUT2D eigenvalue weighted by atomic mass is 16.2. The highest BCUT2D eigenvalue weighted by molar-refractivity contribution is 6.05. The Morgan fingerprint density at radius 1 is 1.19 bits per heavy atom. The molecule has 1 aliphatic rings. The minimum absolute atomic E-state index is 0.0390. The number of fused-ring (bicyclic) bond motifs is 1. The highest BCUT2D eigenvalue weighted by Crippen LogP contribution is 2.30. The van der Waals surface area contributed by atoms with Gasteiger partial charge in [0.1, 0.15) is 5.82 Å². The molecule has 2 amide bonds. The number of rotatable bonds is 5. The molecule has 1 aromatic carbocycles. The van der Waals surface area contributed by atoms with Gasteiger partial charge in [0.15, 0.2) is 0 Å². The SMILES string of the molecule is CCn1c(NC(=O)c2ccnc(NC(=O)C3CC3)c2)nc2ccccc21. The van der Waals surface area contributed by atoms with E-state index < -0.39 is 0 Å². The predicted molar refractivity (Wildman–Crippen MR) is 99.0 cm³/mol. The molecule has 7 heteroatoms. The van der Waals surface area contributed by atoms with Crippen LogP contribution >= 0.6 is 0 Å². The summed E-state index contributed by atoms with van der Waals surface area (Å²) in [5.41, 5.74) is 2.22. The molecule has 7 nitrogen and oxygen atoms in total. The fourth-order valence-electron chi connectivity index (χ4n) is 2.88. The number of anilines is 2. The van der Waals surface area contributed by atoms with Gasteiger partial charge in [0.2, 0.25) is 11.9 Å². The fraction of sp³-hybridized carbons (Fsp3) is 0.263. The Morgan fingerprint density at radius 2 is 2.00 bits per heavy atom. The summed E-state index contributed by atoms with van der Waals surface area (Å²) in [5, 5.41) is 5.61. The van der Waals surface area contributed by atoms with E-state index in [2.05, 4.69) is 20.6 Å². The van der Waals surface area contributed by atoms with Crippen LogP contribution in [0.1, 0.15) is 30.1 Å². The average Bonchev–Trinajstić information content (AvgIpc) is 3.44. The number of benzene rings is 1. The van der Waals surface area contributed by atoms with Crippen molar-refractivity contribution >= 4 is 34.6 Å². The number of imidazole rings is 1. The largest absolute Gasteiger partial charge is 0.310 e. The molecule has 3 aromatic rings. The van der Waals surface area contributed by atoms with Crippen molar-refractivity contribution in [3.8, 4) is 0 Å². The normalized spacial score (nSPS) is 13.6. The third-order valence-corrected chi connectivity index (χ3v) is 4.42. The Hall–Kier alpha value is -3.22. The van der Waals surface area contributed by atoms with Gasteiger partial charge in [-0.2, -0.15) is 0 Å². The predicted octanol–water partition coefficient (Wildman–Crippen LogP) is 3.05. The summed E-state index contributed by atoms with van der Waals surface area (Å²) in [5.74, 6) is 0.638. The molecular weight excluding hydrogens is 330 g/mol. The molecule has 1 aliphatic carbocycles.